The van der Waals surface area contributed by atoms with Crippen LogP contribution in [0.15, 0.2) is 23.1 Å². The van der Waals surface area contributed by atoms with Crippen LogP contribution in [0.5, 0.6) is 5.75 Å². The van der Waals surface area contributed by atoms with Crippen molar-refractivity contribution in [1.29, 1.82) is 0 Å². The molecule has 0 spiro atoms. The molecule has 0 saturated carbocycles. The van der Waals surface area contributed by atoms with Gasteiger partial charge in [0.05, 0.1) is 10.8 Å². The zero-order valence-corrected chi connectivity index (χ0v) is 12.8. The van der Waals surface area contributed by atoms with E-state index in [4.69, 9.17) is 27.9 Å². The van der Waals surface area contributed by atoms with Crippen LogP contribution in [0.4, 0.5) is 0 Å². The van der Waals surface area contributed by atoms with Crippen LogP contribution >= 0.6 is 23.2 Å². The molecule has 4 nitrogen and oxygen atoms in total. The molecule has 0 unspecified atom stereocenters. The van der Waals surface area contributed by atoms with Gasteiger partial charge in [-0.05, 0) is 12.1 Å². The quantitative estimate of drug-likeness (QED) is 0.400. The number of alkyl halides is 1. The molecule has 84 valence electrons. The fourth-order valence-electron chi connectivity index (χ4n) is 0.950. The smallest absolute Gasteiger partial charge is 0.744 e. The van der Waals surface area contributed by atoms with E-state index in [0.717, 1.165) is 6.07 Å². The van der Waals surface area contributed by atoms with Crippen molar-refractivity contribution in [2.24, 2.45) is 0 Å². The first-order valence-electron chi connectivity index (χ1n) is 3.89. The predicted molar refractivity (Wildman–Crippen MR) is 55.6 cm³/mol. The van der Waals surface area contributed by atoms with Gasteiger partial charge in [-0.3, -0.25) is 0 Å². The van der Waals surface area contributed by atoms with Crippen molar-refractivity contribution in [3.8, 4) is 5.75 Å². The molecular formula is C8H7Cl2NaO4S. The van der Waals surface area contributed by atoms with Crippen LogP contribution < -0.4 is 34.3 Å². The summed E-state index contributed by atoms with van der Waals surface area (Å²) >= 11 is 11.0. The molecule has 0 aliphatic carbocycles. The number of benzene rings is 1. The zero-order chi connectivity index (χ0) is 11.5. The summed E-state index contributed by atoms with van der Waals surface area (Å²) in [7, 11) is -4.56. The Hall–Kier alpha value is 0.510. The Morgan fingerprint density at radius 1 is 1.38 bits per heavy atom. The second-order valence-corrected chi connectivity index (χ2v) is 4.75. The van der Waals surface area contributed by atoms with Crippen LogP contribution in [-0.4, -0.2) is 25.5 Å². The van der Waals surface area contributed by atoms with Gasteiger partial charge in [-0.1, -0.05) is 11.6 Å². The summed E-state index contributed by atoms with van der Waals surface area (Å²) in [5, 5.41) is 0.284. The maximum absolute atomic E-state index is 10.8. The Bertz CT molecular complexity index is 449. The van der Waals surface area contributed by atoms with Crippen LogP contribution in [0.3, 0.4) is 0 Å². The molecule has 1 rings (SSSR count). The number of rotatable bonds is 4. The van der Waals surface area contributed by atoms with Gasteiger partial charge in [0, 0.05) is 11.1 Å². The zero-order valence-electron chi connectivity index (χ0n) is 8.44. The molecule has 0 saturated heterocycles. The van der Waals surface area contributed by atoms with Gasteiger partial charge in [0.25, 0.3) is 0 Å². The van der Waals surface area contributed by atoms with Crippen LogP contribution in [0, 0.1) is 0 Å². The van der Waals surface area contributed by atoms with E-state index in [2.05, 4.69) is 0 Å². The molecule has 0 N–H and O–H groups in total. The molecule has 1 aromatic rings. The summed E-state index contributed by atoms with van der Waals surface area (Å²) in [6.07, 6.45) is 0. The summed E-state index contributed by atoms with van der Waals surface area (Å²) in [5.74, 6) is 0.114. The van der Waals surface area contributed by atoms with E-state index in [9.17, 15) is 13.0 Å². The van der Waals surface area contributed by atoms with Gasteiger partial charge in [0.2, 0.25) is 0 Å². The fraction of sp³-hybridized carbons (Fsp3) is 0.250. The van der Waals surface area contributed by atoms with E-state index in [1.165, 1.54) is 12.1 Å². The Morgan fingerprint density at radius 2 is 2.00 bits per heavy atom. The molecule has 16 heavy (non-hydrogen) atoms. The molecule has 0 amide bonds. The minimum absolute atomic E-state index is 0. The van der Waals surface area contributed by atoms with Gasteiger partial charge in [-0.25, -0.2) is 8.42 Å². The van der Waals surface area contributed by atoms with Crippen molar-refractivity contribution in [2.45, 2.75) is 4.90 Å². The summed E-state index contributed by atoms with van der Waals surface area (Å²) in [6.45, 7) is 0.102. The molecule has 1 aromatic carbocycles. The van der Waals surface area contributed by atoms with Gasteiger partial charge in [-0.2, -0.15) is 0 Å². The molecular weight excluding hydrogens is 286 g/mol. The van der Waals surface area contributed by atoms with Crippen molar-refractivity contribution in [2.75, 3.05) is 12.5 Å². The SMILES string of the molecule is O=S(=O)([O-])c1ccc(Cl)cc1OCCCl.[Na+]. The maximum atomic E-state index is 10.8. The largest absolute Gasteiger partial charge is 1.00 e. The number of halogens is 2. The molecule has 0 atom stereocenters. The summed E-state index contributed by atoms with van der Waals surface area (Å²) in [4.78, 5) is -0.433. The van der Waals surface area contributed by atoms with Crippen molar-refractivity contribution >= 4 is 33.3 Å². The maximum Gasteiger partial charge on any atom is 1.00 e. The molecule has 0 aromatic heterocycles. The third kappa shape index (κ3) is 4.79. The summed E-state index contributed by atoms with van der Waals surface area (Å²) in [5.41, 5.74) is 0. The molecule has 0 aliphatic rings. The second kappa shape index (κ2) is 7.06. The molecule has 0 fully saturated rings. The van der Waals surface area contributed by atoms with Gasteiger partial charge in [0.1, 0.15) is 22.5 Å². The average Bonchev–Trinajstić information content (AvgIpc) is 2.12. The number of hydrogen-bond donors (Lipinski definition) is 0. The van der Waals surface area contributed by atoms with E-state index >= 15 is 0 Å². The Kier molecular flexibility index (Phi) is 7.28. The summed E-state index contributed by atoms with van der Waals surface area (Å²) < 4.78 is 37.4. The predicted octanol–water partition coefficient (Wildman–Crippen LogP) is -1.13. The minimum atomic E-state index is -4.56. The van der Waals surface area contributed by atoms with Crippen LogP contribution in [-0.2, 0) is 10.1 Å². The van der Waals surface area contributed by atoms with E-state index in [1.807, 2.05) is 0 Å². The van der Waals surface area contributed by atoms with Crippen LogP contribution in [0.2, 0.25) is 5.02 Å². The van der Waals surface area contributed by atoms with E-state index in [1.54, 1.807) is 0 Å². The van der Waals surface area contributed by atoms with Crippen molar-refractivity contribution in [3.63, 3.8) is 0 Å². The second-order valence-electron chi connectivity index (χ2n) is 2.58. The van der Waals surface area contributed by atoms with Gasteiger partial charge in [-0.15, -0.1) is 11.6 Å². The van der Waals surface area contributed by atoms with E-state index in [-0.39, 0.29) is 52.8 Å². The Balaban J connectivity index is 0.00000225. The Labute approximate surface area is 126 Å². The molecule has 0 heterocycles. The normalized spacial score (nSPS) is 10.7. The third-order valence-electron chi connectivity index (χ3n) is 1.51. The van der Waals surface area contributed by atoms with Gasteiger partial charge in [0.15, 0.2) is 0 Å². The third-order valence-corrected chi connectivity index (χ3v) is 2.78. The standard InChI is InChI=1S/C8H8Cl2O4S.Na/c9-3-4-14-7-5-6(10)1-2-8(7)15(11,12)13;/h1-2,5H,3-4H2,(H,11,12,13);/q;+1/p-1. The monoisotopic (exact) mass is 292 g/mol. The van der Waals surface area contributed by atoms with E-state index < -0.39 is 15.0 Å². The summed E-state index contributed by atoms with van der Waals surface area (Å²) in [6, 6.07) is 3.67. The first kappa shape index (κ1) is 16.5. The topological polar surface area (TPSA) is 66.4 Å². The number of ether oxygens (including phenoxy) is 1. The van der Waals surface area contributed by atoms with Crippen molar-refractivity contribution < 1.29 is 47.3 Å². The van der Waals surface area contributed by atoms with Crippen molar-refractivity contribution in [3.05, 3.63) is 23.2 Å². The fourth-order valence-corrected chi connectivity index (χ4v) is 1.79. The minimum Gasteiger partial charge on any atom is -0.744 e. The van der Waals surface area contributed by atoms with Crippen molar-refractivity contribution in [1.82, 2.24) is 0 Å². The van der Waals surface area contributed by atoms with Gasteiger partial charge >= 0.3 is 29.6 Å². The molecule has 8 heteroatoms. The van der Waals surface area contributed by atoms with Crippen LogP contribution in [0.25, 0.3) is 0 Å². The Morgan fingerprint density at radius 3 is 2.50 bits per heavy atom. The first-order valence-corrected chi connectivity index (χ1v) is 6.21. The van der Waals surface area contributed by atoms with Crippen LogP contribution in [0.1, 0.15) is 0 Å². The molecule has 0 radical (unpaired) electrons. The average molecular weight is 293 g/mol. The van der Waals surface area contributed by atoms with E-state index in [0.29, 0.717) is 0 Å². The number of hydrogen-bond acceptors (Lipinski definition) is 4. The molecule has 0 bridgehead atoms. The first-order chi connectivity index (χ1) is 6.95. The van der Waals surface area contributed by atoms with Gasteiger partial charge < -0.3 is 9.29 Å². The molecule has 0 aliphatic heterocycles.